The van der Waals surface area contributed by atoms with Gasteiger partial charge < -0.3 is 5.32 Å². The predicted molar refractivity (Wildman–Crippen MR) is 121 cm³/mol. The van der Waals surface area contributed by atoms with E-state index in [4.69, 9.17) is 0 Å². The predicted octanol–water partition coefficient (Wildman–Crippen LogP) is 4.33. The molecule has 0 aromatic heterocycles. The Bertz CT molecular complexity index is 1220. The first-order chi connectivity index (χ1) is 15.1. The number of benzene rings is 3. The first-order valence-corrected chi connectivity index (χ1v) is 11.8. The Kier molecular flexibility index (Phi) is 6.93. The maximum Gasteiger partial charge on any atom is 0.244 e. The lowest BCUT2D eigenvalue weighted by atomic mass is 9.97. The van der Waals surface area contributed by atoms with Crippen LogP contribution in [0, 0.1) is 18.6 Å². The molecule has 1 amide bonds. The number of sulfonamides is 1. The third kappa shape index (κ3) is 5.31. The van der Waals surface area contributed by atoms with Crippen molar-refractivity contribution in [2.24, 2.45) is 0 Å². The van der Waals surface area contributed by atoms with E-state index in [2.05, 4.69) is 5.32 Å². The number of aryl methyl sites for hydroxylation is 1. The molecule has 0 bridgehead atoms. The molecule has 32 heavy (non-hydrogen) atoms. The van der Waals surface area contributed by atoms with Crippen molar-refractivity contribution < 1.29 is 22.0 Å². The Hall–Kier alpha value is -3.26. The maximum absolute atomic E-state index is 13.8. The number of nitrogens with zero attached hydrogens (tertiary/aromatic N) is 1. The Morgan fingerprint density at radius 3 is 2.16 bits per heavy atom. The SMILES string of the molecule is Cc1cccc([C@@H](NC(=O)[C@@H](C)N(c2ccc(F)c(F)c2)S(C)(=O)=O)c2ccccc2)c1. The molecule has 0 saturated carbocycles. The van der Waals surface area contributed by atoms with Gasteiger partial charge in [0, 0.05) is 6.07 Å². The smallest absolute Gasteiger partial charge is 0.244 e. The van der Waals surface area contributed by atoms with Crippen molar-refractivity contribution in [3.8, 4) is 0 Å². The molecule has 168 valence electrons. The molecule has 0 fully saturated rings. The maximum atomic E-state index is 13.8. The summed E-state index contributed by atoms with van der Waals surface area (Å²) in [6, 6.07) is 17.9. The molecular weight excluding hydrogens is 434 g/mol. The highest BCUT2D eigenvalue weighted by molar-refractivity contribution is 7.92. The van der Waals surface area contributed by atoms with Gasteiger partial charge in [0.25, 0.3) is 0 Å². The number of hydrogen-bond acceptors (Lipinski definition) is 3. The molecule has 5 nitrogen and oxygen atoms in total. The normalized spacial score (nSPS) is 13.3. The Balaban J connectivity index is 1.97. The van der Waals surface area contributed by atoms with Gasteiger partial charge in [-0.2, -0.15) is 0 Å². The van der Waals surface area contributed by atoms with Crippen molar-refractivity contribution in [1.82, 2.24) is 5.32 Å². The van der Waals surface area contributed by atoms with Crippen LogP contribution in [0.25, 0.3) is 0 Å². The van der Waals surface area contributed by atoms with Gasteiger partial charge in [0.2, 0.25) is 15.9 Å². The van der Waals surface area contributed by atoms with Crippen LogP contribution < -0.4 is 9.62 Å². The molecule has 0 radical (unpaired) electrons. The van der Waals surface area contributed by atoms with E-state index in [1.54, 1.807) is 0 Å². The molecule has 0 aliphatic rings. The van der Waals surface area contributed by atoms with Gasteiger partial charge in [0.1, 0.15) is 6.04 Å². The summed E-state index contributed by atoms with van der Waals surface area (Å²) in [5, 5.41) is 2.91. The third-order valence-electron chi connectivity index (χ3n) is 5.04. The van der Waals surface area contributed by atoms with Gasteiger partial charge in [-0.25, -0.2) is 17.2 Å². The Morgan fingerprint density at radius 1 is 0.906 bits per heavy atom. The van der Waals surface area contributed by atoms with Gasteiger partial charge in [-0.1, -0.05) is 60.2 Å². The monoisotopic (exact) mass is 458 g/mol. The molecule has 0 spiro atoms. The topological polar surface area (TPSA) is 66.5 Å². The van der Waals surface area contributed by atoms with Crippen molar-refractivity contribution in [3.05, 3.63) is 101 Å². The fourth-order valence-corrected chi connectivity index (χ4v) is 4.71. The summed E-state index contributed by atoms with van der Waals surface area (Å²) in [4.78, 5) is 13.2. The average molecular weight is 459 g/mol. The summed E-state index contributed by atoms with van der Waals surface area (Å²) >= 11 is 0. The lowest BCUT2D eigenvalue weighted by Crippen LogP contribution is -2.48. The number of carbonyl (C=O) groups is 1. The molecule has 8 heteroatoms. The van der Waals surface area contributed by atoms with Crippen molar-refractivity contribution in [2.45, 2.75) is 25.9 Å². The van der Waals surface area contributed by atoms with Crippen molar-refractivity contribution >= 4 is 21.6 Å². The first kappa shape index (κ1) is 23.4. The molecule has 3 aromatic rings. The molecule has 2 atom stereocenters. The van der Waals surface area contributed by atoms with Gasteiger partial charge in [-0.3, -0.25) is 9.10 Å². The summed E-state index contributed by atoms with van der Waals surface area (Å²) in [6.07, 6.45) is 0.910. The molecule has 3 rings (SSSR count). The highest BCUT2D eigenvalue weighted by Gasteiger charge is 2.31. The van der Waals surface area contributed by atoms with E-state index in [0.717, 1.165) is 45.5 Å². The quantitative estimate of drug-likeness (QED) is 0.573. The van der Waals surface area contributed by atoms with Crippen molar-refractivity contribution in [2.75, 3.05) is 10.6 Å². The minimum Gasteiger partial charge on any atom is -0.343 e. The molecule has 0 unspecified atom stereocenters. The summed E-state index contributed by atoms with van der Waals surface area (Å²) in [6.45, 7) is 3.33. The zero-order valence-electron chi connectivity index (χ0n) is 17.9. The Labute approximate surface area is 186 Å². The van der Waals surface area contributed by atoms with E-state index < -0.39 is 39.6 Å². The van der Waals surface area contributed by atoms with Gasteiger partial charge in [0.05, 0.1) is 18.0 Å². The van der Waals surface area contributed by atoms with Gasteiger partial charge in [-0.05, 0) is 37.1 Å². The number of anilines is 1. The van der Waals surface area contributed by atoms with Gasteiger partial charge in [-0.15, -0.1) is 0 Å². The second-order valence-electron chi connectivity index (χ2n) is 7.60. The highest BCUT2D eigenvalue weighted by atomic mass is 32.2. The zero-order valence-corrected chi connectivity index (χ0v) is 18.7. The number of amides is 1. The molecule has 0 heterocycles. The number of halogens is 2. The minimum absolute atomic E-state index is 0.138. The van der Waals surface area contributed by atoms with E-state index in [1.807, 2.05) is 61.5 Å². The van der Waals surface area contributed by atoms with E-state index in [0.29, 0.717) is 0 Å². The summed E-state index contributed by atoms with van der Waals surface area (Å²) < 4.78 is 52.9. The molecule has 0 aliphatic carbocycles. The number of rotatable bonds is 7. The van der Waals surface area contributed by atoms with Gasteiger partial charge in [0.15, 0.2) is 11.6 Å². The van der Waals surface area contributed by atoms with Gasteiger partial charge >= 0.3 is 0 Å². The van der Waals surface area contributed by atoms with E-state index in [-0.39, 0.29) is 5.69 Å². The fraction of sp³-hybridized carbons (Fsp3) is 0.208. The van der Waals surface area contributed by atoms with Crippen LogP contribution in [0.3, 0.4) is 0 Å². The van der Waals surface area contributed by atoms with Crippen LogP contribution in [-0.2, 0) is 14.8 Å². The Morgan fingerprint density at radius 2 is 1.56 bits per heavy atom. The largest absolute Gasteiger partial charge is 0.343 e. The minimum atomic E-state index is -3.98. The summed E-state index contributed by atoms with van der Waals surface area (Å²) in [5.74, 6) is -2.90. The lowest BCUT2D eigenvalue weighted by molar-refractivity contribution is -0.122. The van der Waals surface area contributed by atoms with E-state index in [1.165, 1.54) is 6.92 Å². The average Bonchev–Trinajstić information content (AvgIpc) is 2.74. The van der Waals surface area contributed by atoms with Crippen LogP contribution in [-0.4, -0.2) is 26.6 Å². The van der Waals surface area contributed by atoms with Crippen LogP contribution >= 0.6 is 0 Å². The van der Waals surface area contributed by atoms with Crippen LogP contribution in [0.2, 0.25) is 0 Å². The number of nitrogens with one attached hydrogen (secondary N) is 1. The van der Waals surface area contributed by atoms with E-state index >= 15 is 0 Å². The number of hydrogen-bond donors (Lipinski definition) is 1. The van der Waals surface area contributed by atoms with Crippen molar-refractivity contribution in [3.63, 3.8) is 0 Å². The number of carbonyl (C=O) groups excluding carboxylic acids is 1. The highest BCUT2D eigenvalue weighted by Crippen LogP contribution is 2.26. The fourth-order valence-electron chi connectivity index (χ4n) is 3.55. The van der Waals surface area contributed by atoms with Crippen LogP contribution in [0.4, 0.5) is 14.5 Å². The summed E-state index contributed by atoms with van der Waals surface area (Å²) in [7, 11) is -3.98. The lowest BCUT2D eigenvalue weighted by Gasteiger charge is -2.30. The standard InChI is InChI=1S/C24H24F2N2O3S/c1-16-8-7-11-19(14-16)23(18-9-5-4-6-10-18)27-24(29)17(2)28(32(3,30)31)20-12-13-21(25)22(26)15-20/h4-15,17,23H,1-3H3,(H,27,29)/t17-,23+/m1/s1. The second-order valence-corrected chi connectivity index (χ2v) is 9.46. The zero-order chi connectivity index (χ0) is 23.5. The first-order valence-electron chi connectivity index (χ1n) is 9.94. The van der Waals surface area contributed by atoms with Crippen LogP contribution in [0.15, 0.2) is 72.8 Å². The van der Waals surface area contributed by atoms with Crippen molar-refractivity contribution in [1.29, 1.82) is 0 Å². The van der Waals surface area contributed by atoms with Crippen LogP contribution in [0.1, 0.15) is 29.7 Å². The second kappa shape index (κ2) is 9.48. The third-order valence-corrected chi connectivity index (χ3v) is 6.28. The molecular formula is C24H24F2N2O3S. The summed E-state index contributed by atoms with van der Waals surface area (Å²) in [5.41, 5.74) is 2.51. The van der Waals surface area contributed by atoms with Crippen LogP contribution in [0.5, 0.6) is 0 Å². The molecule has 0 saturated heterocycles. The molecule has 3 aromatic carbocycles. The molecule has 0 aliphatic heterocycles. The van der Waals surface area contributed by atoms with E-state index in [9.17, 15) is 22.0 Å². The molecule has 1 N–H and O–H groups in total.